The molecular formula is C14H18F2N2OS. The van der Waals surface area contributed by atoms with Crippen molar-refractivity contribution in [2.24, 2.45) is 0 Å². The van der Waals surface area contributed by atoms with Crippen LogP contribution in [0.15, 0.2) is 18.2 Å². The van der Waals surface area contributed by atoms with Crippen molar-refractivity contribution in [1.29, 1.82) is 0 Å². The van der Waals surface area contributed by atoms with Crippen LogP contribution >= 0.6 is 11.8 Å². The van der Waals surface area contributed by atoms with Crippen LogP contribution in [-0.4, -0.2) is 36.5 Å². The second-order valence-corrected chi connectivity index (χ2v) is 5.96. The molecule has 1 aromatic rings. The number of carbonyl (C=O) groups is 1. The fourth-order valence-corrected chi connectivity index (χ4v) is 3.10. The Morgan fingerprint density at radius 2 is 2.10 bits per heavy atom. The van der Waals surface area contributed by atoms with Gasteiger partial charge in [-0.2, -0.15) is 11.8 Å². The van der Waals surface area contributed by atoms with Gasteiger partial charge < -0.3 is 10.6 Å². The average Bonchev–Trinajstić information content (AvgIpc) is 2.38. The minimum absolute atomic E-state index is 0.0260. The maximum Gasteiger partial charge on any atom is 0.221 e. The van der Waals surface area contributed by atoms with Crippen molar-refractivity contribution in [3.8, 4) is 0 Å². The summed E-state index contributed by atoms with van der Waals surface area (Å²) in [4.78, 5) is 11.7. The molecule has 1 saturated heterocycles. The highest BCUT2D eigenvalue weighted by molar-refractivity contribution is 7.99. The molecule has 2 N–H and O–H groups in total. The highest BCUT2D eigenvalue weighted by Gasteiger charge is 2.16. The van der Waals surface area contributed by atoms with Crippen molar-refractivity contribution in [3.63, 3.8) is 0 Å². The van der Waals surface area contributed by atoms with Gasteiger partial charge in [0.2, 0.25) is 5.91 Å². The van der Waals surface area contributed by atoms with E-state index in [9.17, 15) is 13.6 Å². The second kappa shape index (κ2) is 7.59. The molecule has 1 unspecified atom stereocenters. The van der Waals surface area contributed by atoms with Crippen molar-refractivity contribution in [1.82, 2.24) is 10.6 Å². The molecule has 0 radical (unpaired) electrons. The number of amides is 1. The number of benzene rings is 1. The molecule has 110 valence electrons. The fourth-order valence-electron chi connectivity index (χ4n) is 2.15. The smallest absolute Gasteiger partial charge is 0.221 e. The normalized spacial score (nSPS) is 18.8. The molecule has 6 heteroatoms. The SMILES string of the molecule is O=C(CC1CSCCN1)NCCc1cc(F)cc(F)c1. The molecule has 1 aromatic carbocycles. The van der Waals surface area contributed by atoms with E-state index >= 15 is 0 Å². The summed E-state index contributed by atoms with van der Waals surface area (Å²) in [5, 5.41) is 6.08. The van der Waals surface area contributed by atoms with Gasteiger partial charge in [-0.1, -0.05) is 0 Å². The summed E-state index contributed by atoms with van der Waals surface area (Å²) in [7, 11) is 0. The summed E-state index contributed by atoms with van der Waals surface area (Å²) in [6.45, 7) is 1.33. The molecule has 1 aliphatic heterocycles. The number of rotatable bonds is 5. The number of hydrogen-bond acceptors (Lipinski definition) is 3. The Bertz CT molecular complexity index is 444. The maximum atomic E-state index is 13.0. The quantitative estimate of drug-likeness (QED) is 0.870. The van der Waals surface area contributed by atoms with Gasteiger partial charge in [-0.3, -0.25) is 4.79 Å². The molecule has 20 heavy (non-hydrogen) atoms. The predicted octanol–water partition coefficient (Wildman–Crippen LogP) is 1.72. The standard InChI is InChI=1S/C14H18F2N2OS/c15-11-5-10(6-12(16)7-11)1-2-18-14(19)8-13-9-20-4-3-17-13/h5-7,13,17H,1-4,8-9H2,(H,18,19). The Balaban J connectivity index is 1.70. The molecule has 0 aromatic heterocycles. The number of nitrogens with one attached hydrogen (secondary N) is 2. The van der Waals surface area contributed by atoms with Crippen LogP contribution in [0.1, 0.15) is 12.0 Å². The third-order valence-corrected chi connectivity index (χ3v) is 4.22. The van der Waals surface area contributed by atoms with Crippen LogP contribution in [0, 0.1) is 11.6 Å². The van der Waals surface area contributed by atoms with Crippen LogP contribution < -0.4 is 10.6 Å². The van der Waals surface area contributed by atoms with Crippen molar-refractivity contribution < 1.29 is 13.6 Å². The molecule has 2 rings (SSSR count). The van der Waals surface area contributed by atoms with Gasteiger partial charge in [0, 0.05) is 43.1 Å². The molecule has 1 atom stereocenters. The summed E-state index contributed by atoms with van der Waals surface area (Å²) in [5.41, 5.74) is 0.550. The van der Waals surface area contributed by atoms with Gasteiger partial charge in [-0.25, -0.2) is 8.78 Å². The molecule has 0 saturated carbocycles. The summed E-state index contributed by atoms with van der Waals surface area (Å²) in [6.07, 6.45) is 0.873. The Morgan fingerprint density at radius 1 is 1.35 bits per heavy atom. The van der Waals surface area contributed by atoms with Crippen molar-refractivity contribution in [2.45, 2.75) is 18.9 Å². The third-order valence-electron chi connectivity index (χ3n) is 3.09. The number of thioether (sulfide) groups is 1. The van der Waals surface area contributed by atoms with Gasteiger partial charge in [0.25, 0.3) is 0 Å². The highest BCUT2D eigenvalue weighted by Crippen LogP contribution is 2.10. The van der Waals surface area contributed by atoms with Crippen LogP contribution in [0.4, 0.5) is 8.78 Å². The molecule has 1 amide bonds. The Morgan fingerprint density at radius 3 is 2.75 bits per heavy atom. The van der Waals surface area contributed by atoms with E-state index in [0.717, 1.165) is 24.1 Å². The van der Waals surface area contributed by atoms with Crippen molar-refractivity contribution in [2.75, 3.05) is 24.6 Å². The van der Waals surface area contributed by atoms with Gasteiger partial charge in [-0.05, 0) is 24.1 Å². The zero-order valence-corrected chi connectivity index (χ0v) is 11.9. The molecule has 1 aliphatic rings. The zero-order valence-electron chi connectivity index (χ0n) is 11.1. The molecule has 0 bridgehead atoms. The summed E-state index contributed by atoms with van der Waals surface area (Å²) in [5.74, 6) is 0.831. The zero-order chi connectivity index (χ0) is 14.4. The average molecular weight is 300 g/mol. The van der Waals surface area contributed by atoms with Crippen LogP contribution in [-0.2, 0) is 11.2 Å². The van der Waals surface area contributed by atoms with E-state index in [4.69, 9.17) is 0 Å². The Kier molecular flexibility index (Phi) is 5.79. The van der Waals surface area contributed by atoms with E-state index < -0.39 is 11.6 Å². The lowest BCUT2D eigenvalue weighted by atomic mass is 10.1. The first-order valence-corrected chi connectivity index (χ1v) is 7.82. The monoisotopic (exact) mass is 300 g/mol. The molecule has 3 nitrogen and oxygen atoms in total. The summed E-state index contributed by atoms with van der Waals surface area (Å²) >= 11 is 1.84. The topological polar surface area (TPSA) is 41.1 Å². The van der Waals surface area contributed by atoms with Crippen LogP contribution in [0.25, 0.3) is 0 Å². The third kappa shape index (κ3) is 5.09. The molecular weight excluding hydrogens is 282 g/mol. The minimum Gasteiger partial charge on any atom is -0.356 e. The van der Waals surface area contributed by atoms with E-state index in [1.165, 1.54) is 12.1 Å². The number of halogens is 2. The second-order valence-electron chi connectivity index (χ2n) is 4.81. The first-order valence-electron chi connectivity index (χ1n) is 6.66. The molecule has 1 heterocycles. The van der Waals surface area contributed by atoms with Gasteiger partial charge in [0.15, 0.2) is 0 Å². The molecule has 1 fully saturated rings. The van der Waals surface area contributed by atoms with Crippen molar-refractivity contribution >= 4 is 17.7 Å². The lowest BCUT2D eigenvalue weighted by molar-refractivity contribution is -0.121. The highest BCUT2D eigenvalue weighted by atomic mass is 32.2. The number of hydrogen-bond donors (Lipinski definition) is 2. The number of carbonyl (C=O) groups excluding carboxylic acids is 1. The van der Waals surface area contributed by atoms with E-state index in [1.54, 1.807) is 0 Å². The lowest BCUT2D eigenvalue weighted by Gasteiger charge is -2.22. The van der Waals surface area contributed by atoms with Crippen LogP contribution in [0.3, 0.4) is 0 Å². The lowest BCUT2D eigenvalue weighted by Crippen LogP contribution is -2.41. The van der Waals surface area contributed by atoms with Gasteiger partial charge in [0.1, 0.15) is 11.6 Å². The molecule has 0 spiro atoms. The molecule has 0 aliphatic carbocycles. The van der Waals surface area contributed by atoms with E-state index in [1.807, 2.05) is 11.8 Å². The van der Waals surface area contributed by atoms with E-state index in [2.05, 4.69) is 10.6 Å². The predicted molar refractivity (Wildman–Crippen MR) is 76.8 cm³/mol. The Hall–Kier alpha value is -1.14. The van der Waals surface area contributed by atoms with Crippen LogP contribution in [0.5, 0.6) is 0 Å². The summed E-state index contributed by atoms with van der Waals surface area (Å²) in [6, 6.07) is 3.64. The van der Waals surface area contributed by atoms with E-state index in [-0.39, 0.29) is 11.9 Å². The maximum absolute atomic E-state index is 13.0. The minimum atomic E-state index is -0.588. The fraction of sp³-hybridized carbons (Fsp3) is 0.500. The van der Waals surface area contributed by atoms with Gasteiger partial charge in [0.05, 0.1) is 0 Å². The largest absolute Gasteiger partial charge is 0.356 e. The van der Waals surface area contributed by atoms with Crippen molar-refractivity contribution in [3.05, 3.63) is 35.4 Å². The van der Waals surface area contributed by atoms with Crippen LogP contribution in [0.2, 0.25) is 0 Å². The van der Waals surface area contributed by atoms with Gasteiger partial charge >= 0.3 is 0 Å². The first-order chi connectivity index (χ1) is 9.63. The first kappa shape index (κ1) is 15.3. The van der Waals surface area contributed by atoms with E-state index in [0.29, 0.717) is 24.9 Å². The Labute approximate surface area is 121 Å². The summed E-state index contributed by atoms with van der Waals surface area (Å²) < 4.78 is 26.0. The van der Waals surface area contributed by atoms with Gasteiger partial charge in [-0.15, -0.1) is 0 Å².